The standard InChI is InChI=1S/C12H11ClN4O/c13-4-3-11-14-6-10(15-11)7-1-2-8-9(5-7)17-12(18)16-8/h1-2,5-6H,3-4H2,(H,14,15)(H2,16,17,18). The summed E-state index contributed by atoms with van der Waals surface area (Å²) in [6, 6.07) is 5.71. The van der Waals surface area contributed by atoms with Crippen LogP contribution in [0, 0.1) is 0 Å². The van der Waals surface area contributed by atoms with Crippen LogP contribution < -0.4 is 5.69 Å². The monoisotopic (exact) mass is 262 g/mol. The van der Waals surface area contributed by atoms with E-state index in [-0.39, 0.29) is 5.69 Å². The Morgan fingerprint density at radius 2 is 2.00 bits per heavy atom. The minimum atomic E-state index is -0.199. The molecule has 0 radical (unpaired) electrons. The van der Waals surface area contributed by atoms with E-state index in [1.165, 1.54) is 0 Å². The Morgan fingerprint density at radius 1 is 1.17 bits per heavy atom. The van der Waals surface area contributed by atoms with Gasteiger partial charge in [-0.3, -0.25) is 0 Å². The molecule has 5 nitrogen and oxygen atoms in total. The van der Waals surface area contributed by atoms with Gasteiger partial charge in [-0.2, -0.15) is 0 Å². The molecule has 2 aromatic heterocycles. The van der Waals surface area contributed by atoms with Gasteiger partial charge in [-0.25, -0.2) is 9.78 Å². The number of fused-ring (bicyclic) bond motifs is 1. The van der Waals surface area contributed by atoms with E-state index in [4.69, 9.17) is 11.6 Å². The summed E-state index contributed by atoms with van der Waals surface area (Å²) in [5, 5.41) is 0. The Morgan fingerprint density at radius 3 is 2.83 bits per heavy atom. The average molecular weight is 263 g/mol. The minimum Gasteiger partial charge on any atom is -0.342 e. The van der Waals surface area contributed by atoms with Crippen LogP contribution in [-0.2, 0) is 6.42 Å². The van der Waals surface area contributed by atoms with Crippen LogP contribution in [0.5, 0.6) is 0 Å². The van der Waals surface area contributed by atoms with Gasteiger partial charge in [0.25, 0.3) is 0 Å². The first kappa shape index (κ1) is 11.1. The number of rotatable bonds is 3. The molecule has 3 aromatic rings. The van der Waals surface area contributed by atoms with E-state index < -0.39 is 0 Å². The van der Waals surface area contributed by atoms with E-state index in [9.17, 15) is 4.79 Å². The fraction of sp³-hybridized carbons (Fsp3) is 0.167. The molecule has 0 aliphatic carbocycles. The third-order valence-corrected chi connectivity index (χ3v) is 2.98. The van der Waals surface area contributed by atoms with Gasteiger partial charge >= 0.3 is 5.69 Å². The number of alkyl halides is 1. The van der Waals surface area contributed by atoms with Gasteiger partial charge in [-0.05, 0) is 12.1 Å². The van der Waals surface area contributed by atoms with E-state index in [0.29, 0.717) is 12.3 Å². The number of aromatic amines is 3. The highest BCUT2D eigenvalue weighted by atomic mass is 35.5. The number of hydrogen-bond donors (Lipinski definition) is 3. The summed E-state index contributed by atoms with van der Waals surface area (Å²) in [5.74, 6) is 1.40. The van der Waals surface area contributed by atoms with Crippen molar-refractivity contribution in [1.82, 2.24) is 19.9 Å². The number of aromatic nitrogens is 4. The van der Waals surface area contributed by atoms with E-state index >= 15 is 0 Å². The maximum absolute atomic E-state index is 11.2. The maximum atomic E-state index is 11.2. The Balaban J connectivity index is 2.04. The van der Waals surface area contributed by atoms with Crippen molar-refractivity contribution in [2.75, 3.05) is 5.88 Å². The average Bonchev–Trinajstić information content (AvgIpc) is 2.93. The van der Waals surface area contributed by atoms with Crippen LogP contribution in [-0.4, -0.2) is 25.8 Å². The second kappa shape index (κ2) is 4.34. The molecule has 0 aliphatic heterocycles. The SMILES string of the molecule is O=c1[nH]c2ccc(-c3cnc(CCCl)[nH]3)cc2[nH]1. The Bertz CT molecular complexity index is 740. The molecule has 92 valence electrons. The Kier molecular flexibility index (Phi) is 2.68. The maximum Gasteiger partial charge on any atom is 0.323 e. The zero-order valence-corrected chi connectivity index (χ0v) is 10.2. The zero-order valence-electron chi connectivity index (χ0n) is 9.46. The molecule has 0 bridgehead atoms. The van der Waals surface area contributed by atoms with Crippen molar-refractivity contribution in [3.05, 3.63) is 40.7 Å². The molecule has 18 heavy (non-hydrogen) atoms. The highest BCUT2D eigenvalue weighted by Crippen LogP contribution is 2.20. The molecule has 2 heterocycles. The lowest BCUT2D eigenvalue weighted by atomic mass is 10.1. The van der Waals surface area contributed by atoms with Crippen molar-refractivity contribution >= 4 is 22.6 Å². The summed E-state index contributed by atoms with van der Waals surface area (Å²) in [7, 11) is 0. The summed E-state index contributed by atoms with van der Waals surface area (Å²) in [4.78, 5) is 24.1. The number of H-pyrrole nitrogens is 3. The van der Waals surface area contributed by atoms with E-state index in [1.807, 2.05) is 18.2 Å². The van der Waals surface area contributed by atoms with Crippen LogP contribution in [0.3, 0.4) is 0 Å². The lowest BCUT2D eigenvalue weighted by Gasteiger charge is -1.97. The van der Waals surface area contributed by atoms with Crippen molar-refractivity contribution in [2.45, 2.75) is 6.42 Å². The molecule has 0 unspecified atom stereocenters. The molecule has 3 N–H and O–H groups in total. The zero-order chi connectivity index (χ0) is 12.5. The molecule has 0 atom stereocenters. The van der Waals surface area contributed by atoms with Crippen molar-refractivity contribution < 1.29 is 0 Å². The van der Waals surface area contributed by atoms with Gasteiger partial charge < -0.3 is 15.0 Å². The molecule has 0 saturated carbocycles. The van der Waals surface area contributed by atoms with Crippen LogP contribution in [0.4, 0.5) is 0 Å². The molecule has 0 fully saturated rings. The van der Waals surface area contributed by atoms with Gasteiger partial charge in [0.05, 0.1) is 22.9 Å². The summed E-state index contributed by atoms with van der Waals surface area (Å²) in [6.45, 7) is 0. The number of imidazole rings is 2. The van der Waals surface area contributed by atoms with Gasteiger partial charge in [0.15, 0.2) is 0 Å². The number of nitrogens with zero attached hydrogens (tertiary/aromatic N) is 1. The largest absolute Gasteiger partial charge is 0.342 e. The quantitative estimate of drug-likeness (QED) is 0.632. The van der Waals surface area contributed by atoms with Gasteiger partial charge in [-0.1, -0.05) is 6.07 Å². The fourth-order valence-electron chi connectivity index (χ4n) is 1.93. The Labute approximate surface area is 107 Å². The third-order valence-electron chi connectivity index (χ3n) is 2.79. The number of hydrogen-bond acceptors (Lipinski definition) is 2. The molecule has 3 rings (SSSR count). The van der Waals surface area contributed by atoms with Gasteiger partial charge in [0, 0.05) is 17.9 Å². The van der Waals surface area contributed by atoms with Crippen LogP contribution in [0.15, 0.2) is 29.2 Å². The molecule has 0 aliphatic rings. The normalized spacial score (nSPS) is 11.2. The van der Waals surface area contributed by atoms with Crippen LogP contribution in [0.2, 0.25) is 0 Å². The molecule has 0 amide bonds. The van der Waals surface area contributed by atoms with Gasteiger partial charge in [0.1, 0.15) is 5.82 Å². The van der Waals surface area contributed by atoms with E-state index in [2.05, 4.69) is 19.9 Å². The molecule has 0 spiro atoms. The molecular formula is C12H11ClN4O. The highest BCUT2D eigenvalue weighted by molar-refractivity contribution is 6.17. The van der Waals surface area contributed by atoms with Crippen molar-refractivity contribution in [1.29, 1.82) is 0 Å². The minimum absolute atomic E-state index is 0.199. The first-order valence-corrected chi connectivity index (χ1v) is 6.12. The third kappa shape index (κ3) is 1.93. The molecule has 0 saturated heterocycles. The van der Waals surface area contributed by atoms with Crippen LogP contribution in [0.25, 0.3) is 22.3 Å². The highest BCUT2D eigenvalue weighted by Gasteiger charge is 2.05. The fourth-order valence-corrected chi connectivity index (χ4v) is 2.10. The Hall–Kier alpha value is -2.01. The lowest BCUT2D eigenvalue weighted by molar-refractivity contribution is 0.997. The van der Waals surface area contributed by atoms with Crippen LogP contribution >= 0.6 is 11.6 Å². The molecule has 6 heteroatoms. The predicted molar refractivity (Wildman–Crippen MR) is 70.9 cm³/mol. The van der Waals surface area contributed by atoms with Crippen molar-refractivity contribution in [3.8, 4) is 11.3 Å². The van der Waals surface area contributed by atoms with Crippen molar-refractivity contribution in [2.24, 2.45) is 0 Å². The number of benzene rings is 1. The first-order chi connectivity index (χ1) is 8.76. The molecular weight excluding hydrogens is 252 g/mol. The number of aryl methyl sites for hydroxylation is 1. The van der Waals surface area contributed by atoms with Crippen LogP contribution in [0.1, 0.15) is 5.82 Å². The first-order valence-electron chi connectivity index (χ1n) is 5.58. The van der Waals surface area contributed by atoms with Gasteiger partial charge in [0.2, 0.25) is 0 Å². The van der Waals surface area contributed by atoms with E-state index in [1.54, 1.807) is 6.20 Å². The summed E-state index contributed by atoms with van der Waals surface area (Å²) in [6.07, 6.45) is 2.48. The summed E-state index contributed by atoms with van der Waals surface area (Å²) >= 11 is 5.67. The topological polar surface area (TPSA) is 77.3 Å². The summed E-state index contributed by atoms with van der Waals surface area (Å²) < 4.78 is 0. The van der Waals surface area contributed by atoms with E-state index in [0.717, 1.165) is 28.1 Å². The number of nitrogens with one attached hydrogen (secondary N) is 3. The second-order valence-corrected chi connectivity index (χ2v) is 4.40. The molecule has 1 aromatic carbocycles. The lowest BCUT2D eigenvalue weighted by Crippen LogP contribution is -1.99. The van der Waals surface area contributed by atoms with Gasteiger partial charge in [-0.15, -0.1) is 11.6 Å². The summed E-state index contributed by atoms with van der Waals surface area (Å²) in [5.41, 5.74) is 3.27. The second-order valence-electron chi connectivity index (χ2n) is 4.02. The smallest absolute Gasteiger partial charge is 0.323 e. The number of halogens is 1. The predicted octanol–water partition coefficient (Wildman–Crippen LogP) is 2.03. The van der Waals surface area contributed by atoms with Crippen molar-refractivity contribution in [3.63, 3.8) is 0 Å².